The molecule has 0 unspecified atom stereocenters. The third-order valence-corrected chi connectivity index (χ3v) is 2.04. The van der Waals surface area contributed by atoms with Gasteiger partial charge in [0.2, 0.25) is 13.9 Å². The number of aromatic nitrogens is 3. The van der Waals surface area contributed by atoms with Crippen LogP contribution in [0.25, 0.3) is 0 Å². The minimum Gasteiger partial charge on any atom is -0.209 e. The van der Waals surface area contributed by atoms with Crippen molar-refractivity contribution in [2.45, 2.75) is 7.59 Å². The Morgan fingerprint density at radius 3 is 1.43 bits per heavy atom. The van der Waals surface area contributed by atoms with Gasteiger partial charge in [0.15, 0.2) is 11.6 Å². The maximum Gasteiger partial charge on any atom is 0.250 e. The molecular weight excluding hydrogens is 315 g/mol. The highest BCUT2D eigenvalue weighted by atomic mass is 35.6. The standard InChI is InChI=1S/C5Cl6N3/c6-4(7,8)2-12-1-13-3(14-2)5(9,10)11. The van der Waals surface area contributed by atoms with E-state index in [-0.39, 0.29) is 11.6 Å². The zero-order valence-electron chi connectivity index (χ0n) is 6.11. The van der Waals surface area contributed by atoms with Crippen LogP contribution in [0.5, 0.6) is 0 Å². The monoisotopic (exact) mass is 312 g/mol. The average molecular weight is 315 g/mol. The zero-order valence-corrected chi connectivity index (χ0v) is 10.6. The molecule has 9 heteroatoms. The Bertz CT molecular complexity index is 300. The first-order chi connectivity index (χ1) is 6.21. The summed E-state index contributed by atoms with van der Waals surface area (Å²) in [5.74, 6) is -0.308. The van der Waals surface area contributed by atoms with Crippen LogP contribution >= 0.6 is 69.6 Å². The lowest BCUT2D eigenvalue weighted by Crippen LogP contribution is -2.15. The van der Waals surface area contributed by atoms with E-state index in [0.717, 1.165) is 0 Å². The first-order valence-electron chi connectivity index (χ1n) is 2.98. The zero-order chi connectivity index (χ0) is 11.0. The highest BCUT2D eigenvalue weighted by molar-refractivity contribution is 6.67. The molecule has 1 heterocycles. The largest absolute Gasteiger partial charge is 0.250 e. The van der Waals surface area contributed by atoms with Gasteiger partial charge in [-0.05, 0) is 0 Å². The summed E-state index contributed by atoms with van der Waals surface area (Å²) in [6.07, 6.45) is 2.17. The van der Waals surface area contributed by atoms with Crippen LogP contribution in [0.1, 0.15) is 11.6 Å². The molecule has 0 aliphatic heterocycles. The minimum absolute atomic E-state index is 0.154. The summed E-state index contributed by atoms with van der Waals surface area (Å²) in [6.45, 7) is 0. The summed E-state index contributed by atoms with van der Waals surface area (Å²) in [5, 5.41) is 0. The molecule has 3 nitrogen and oxygen atoms in total. The second-order valence-corrected chi connectivity index (χ2v) is 6.64. The third kappa shape index (κ3) is 3.40. The number of rotatable bonds is 0. The quantitative estimate of drug-likeness (QED) is 0.690. The summed E-state index contributed by atoms with van der Waals surface area (Å²) in [6, 6.07) is 0. The Labute approximate surface area is 110 Å². The molecule has 1 radical (unpaired) electrons. The van der Waals surface area contributed by atoms with E-state index in [0.29, 0.717) is 0 Å². The molecule has 0 aliphatic carbocycles. The molecule has 1 rings (SSSR count). The number of nitrogens with zero attached hydrogens (tertiary/aromatic N) is 3. The van der Waals surface area contributed by atoms with Gasteiger partial charge in [-0.3, -0.25) is 0 Å². The van der Waals surface area contributed by atoms with Gasteiger partial charge in [0.05, 0.1) is 0 Å². The second kappa shape index (κ2) is 4.32. The molecule has 0 amide bonds. The predicted octanol–water partition coefficient (Wildman–Crippen LogP) is 3.33. The Morgan fingerprint density at radius 2 is 1.14 bits per heavy atom. The van der Waals surface area contributed by atoms with Crippen LogP contribution in [-0.4, -0.2) is 15.0 Å². The first kappa shape index (κ1) is 12.8. The highest BCUT2D eigenvalue weighted by Crippen LogP contribution is 2.39. The smallest absolute Gasteiger partial charge is 0.209 e. The molecule has 1 aromatic heterocycles. The van der Waals surface area contributed by atoms with Gasteiger partial charge in [0.25, 0.3) is 0 Å². The first-order valence-corrected chi connectivity index (χ1v) is 5.24. The molecule has 0 spiro atoms. The van der Waals surface area contributed by atoms with Crippen LogP contribution in [0, 0.1) is 6.33 Å². The summed E-state index contributed by atoms with van der Waals surface area (Å²) >= 11 is 33.1. The van der Waals surface area contributed by atoms with Crippen molar-refractivity contribution < 1.29 is 0 Å². The van der Waals surface area contributed by atoms with Crippen LogP contribution < -0.4 is 0 Å². The Hall–Kier alpha value is 0.750. The van der Waals surface area contributed by atoms with E-state index in [9.17, 15) is 0 Å². The van der Waals surface area contributed by atoms with Gasteiger partial charge in [-0.15, -0.1) is 0 Å². The summed E-state index contributed by atoms with van der Waals surface area (Å²) in [7, 11) is 0. The van der Waals surface area contributed by atoms with Gasteiger partial charge >= 0.3 is 0 Å². The Kier molecular flexibility index (Phi) is 3.95. The summed E-state index contributed by atoms with van der Waals surface area (Å²) in [4.78, 5) is 10.7. The van der Waals surface area contributed by atoms with Crippen molar-refractivity contribution in [3.8, 4) is 0 Å². The highest BCUT2D eigenvalue weighted by Gasteiger charge is 2.32. The summed E-state index contributed by atoms with van der Waals surface area (Å²) in [5.41, 5.74) is 0. The molecule has 0 saturated heterocycles. The van der Waals surface area contributed by atoms with Gasteiger partial charge in [-0.1, -0.05) is 69.6 Å². The van der Waals surface area contributed by atoms with E-state index < -0.39 is 7.59 Å². The van der Waals surface area contributed by atoms with E-state index in [1.807, 2.05) is 0 Å². The lowest BCUT2D eigenvalue weighted by molar-refractivity contribution is 0.837. The van der Waals surface area contributed by atoms with Crippen molar-refractivity contribution in [3.63, 3.8) is 0 Å². The molecule has 0 bridgehead atoms. The van der Waals surface area contributed by atoms with E-state index in [2.05, 4.69) is 21.3 Å². The van der Waals surface area contributed by atoms with Crippen molar-refractivity contribution in [3.05, 3.63) is 18.0 Å². The lowest BCUT2D eigenvalue weighted by Gasteiger charge is -2.12. The van der Waals surface area contributed by atoms with Crippen LogP contribution in [0.4, 0.5) is 0 Å². The van der Waals surface area contributed by atoms with Crippen molar-refractivity contribution in [2.24, 2.45) is 0 Å². The maximum absolute atomic E-state index is 5.51. The number of hydrogen-bond donors (Lipinski definition) is 0. The molecule has 0 fully saturated rings. The molecule has 0 aliphatic rings. The van der Waals surface area contributed by atoms with E-state index >= 15 is 0 Å². The molecule has 1 aromatic rings. The average Bonchev–Trinajstić information content (AvgIpc) is 2.01. The third-order valence-electron chi connectivity index (χ3n) is 1.03. The van der Waals surface area contributed by atoms with Crippen LogP contribution in [0.2, 0.25) is 0 Å². The normalized spacial score (nSPS) is 13.0. The fourth-order valence-corrected chi connectivity index (χ4v) is 1.03. The minimum atomic E-state index is -1.80. The molecule has 0 N–H and O–H groups in total. The van der Waals surface area contributed by atoms with Crippen LogP contribution in [0.3, 0.4) is 0 Å². The van der Waals surface area contributed by atoms with Gasteiger partial charge in [0, 0.05) is 0 Å². The van der Waals surface area contributed by atoms with Crippen LogP contribution in [0.15, 0.2) is 0 Å². The lowest BCUT2D eigenvalue weighted by atomic mass is 10.6. The van der Waals surface area contributed by atoms with Gasteiger partial charge in [0.1, 0.15) is 0 Å². The Balaban J connectivity index is 3.15. The second-order valence-electron chi connectivity index (χ2n) is 2.08. The van der Waals surface area contributed by atoms with Crippen molar-refractivity contribution in [2.75, 3.05) is 0 Å². The number of hydrogen-bond acceptors (Lipinski definition) is 3. The number of halogens is 6. The maximum atomic E-state index is 5.51. The van der Waals surface area contributed by atoms with Gasteiger partial charge < -0.3 is 0 Å². The summed E-state index contributed by atoms with van der Waals surface area (Å²) < 4.78 is -3.60. The van der Waals surface area contributed by atoms with Crippen molar-refractivity contribution >= 4 is 69.6 Å². The Morgan fingerprint density at radius 1 is 0.786 bits per heavy atom. The molecule has 0 atom stereocenters. The molecular formula is C5Cl6N3. The van der Waals surface area contributed by atoms with Crippen molar-refractivity contribution in [1.29, 1.82) is 0 Å². The predicted molar refractivity (Wildman–Crippen MR) is 57.1 cm³/mol. The van der Waals surface area contributed by atoms with Crippen LogP contribution in [-0.2, 0) is 7.59 Å². The van der Waals surface area contributed by atoms with Gasteiger partial charge in [-0.25, -0.2) is 15.0 Å². The molecule has 14 heavy (non-hydrogen) atoms. The van der Waals surface area contributed by atoms with E-state index in [1.54, 1.807) is 0 Å². The van der Waals surface area contributed by atoms with Gasteiger partial charge in [-0.2, -0.15) is 0 Å². The molecule has 0 aromatic carbocycles. The molecule has 77 valence electrons. The molecule has 0 saturated carbocycles. The SMILES string of the molecule is ClC(Cl)(Cl)c1n[c]nc(C(Cl)(Cl)Cl)n1. The fourth-order valence-electron chi connectivity index (χ4n) is 0.524. The van der Waals surface area contributed by atoms with E-state index in [4.69, 9.17) is 69.6 Å². The topological polar surface area (TPSA) is 38.7 Å². The number of alkyl halides is 6. The fraction of sp³-hybridized carbons (Fsp3) is 0.400. The van der Waals surface area contributed by atoms with E-state index in [1.165, 1.54) is 0 Å². The van der Waals surface area contributed by atoms with Crippen molar-refractivity contribution in [1.82, 2.24) is 15.0 Å².